The van der Waals surface area contributed by atoms with Gasteiger partial charge in [-0.1, -0.05) is 48.5 Å². The Labute approximate surface area is 222 Å². The average Bonchev–Trinajstić information content (AvgIpc) is 3.14. The molecule has 37 heavy (non-hydrogen) atoms. The van der Waals surface area contributed by atoms with E-state index in [1.807, 2.05) is 41.3 Å². The summed E-state index contributed by atoms with van der Waals surface area (Å²) in [5.41, 5.74) is 2.80. The molecular formula is C29H29N3O4S. The molecule has 1 fully saturated rings. The molecule has 1 aliphatic rings. The number of hydrogen-bond acceptors (Lipinski definition) is 5. The van der Waals surface area contributed by atoms with Crippen LogP contribution in [-0.4, -0.2) is 47.0 Å². The third-order valence-electron chi connectivity index (χ3n) is 6.10. The van der Waals surface area contributed by atoms with E-state index < -0.39 is 12.0 Å². The number of anilines is 2. The van der Waals surface area contributed by atoms with Gasteiger partial charge >= 0.3 is 5.97 Å². The number of benzene rings is 3. The lowest BCUT2D eigenvalue weighted by Crippen LogP contribution is -2.38. The van der Waals surface area contributed by atoms with Crippen LogP contribution in [0, 0.1) is 0 Å². The number of ether oxygens (including phenoxy) is 1. The van der Waals surface area contributed by atoms with Gasteiger partial charge in [-0.25, -0.2) is 4.79 Å². The number of amides is 2. The number of para-hydroxylation sites is 1. The van der Waals surface area contributed by atoms with Crippen LogP contribution in [0.5, 0.6) is 0 Å². The van der Waals surface area contributed by atoms with Gasteiger partial charge in [0.05, 0.1) is 24.3 Å². The van der Waals surface area contributed by atoms with Crippen LogP contribution in [0.15, 0.2) is 84.9 Å². The van der Waals surface area contributed by atoms with Gasteiger partial charge in [-0.05, 0) is 73.9 Å². The third kappa shape index (κ3) is 6.40. The maximum absolute atomic E-state index is 13.6. The van der Waals surface area contributed by atoms with Gasteiger partial charge in [-0.3, -0.25) is 14.5 Å². The lowest BCUT2D eigenvalue weighted by molar-refractivity contribution is -0.124. The van der Waals surface area contributed by atoms with E-state index in [1.54, 1.807) is 43.3 Å². The van der Waals surface area contributed by atoms with Crippen molar-refractivity contribution in [3.05, 3.63) is 96.1 Å². The van der Waals surface area contributed by atoms with Gasteiger partial charge in [0.25, 0.3) is 5.91 Å². The molecule has 4 rings (SSSR count). The predicted molar refractivity (Wildman–Crippen MR) is 147 cm³/mol. The number of carbonyl (C=O) groups is 3. The SMILES string of the molecule is CCOC(=O)c1ccc(N2C(=O)C(CC(=O)Nc3ccccc3)N(CCCc3ccccc3)C2=S)cc1. The summed E-state index contributed by atoms with van der Waals surface area (Å²) in [6.07, 6.45) is 1.56. The van der Waals surface area contributed by atoms with Crippen LogP contribution >= 0.6 is 12.2 Å². The molecule has 0 spiro atoms. The first-order chi connectivity index (χ1) is 18.0. The van der Waals surface area contributed by atoms with E-state index in [4.69, 9.17) is 17.0 Å². The summed E-state index contributed by atoms with van der Waals surface area (Å²) in [5.74, 6) is -0.959. The Bertz CT molecular complexity index is 1250. The fraction of sp³-hybridized carbons (Fsp3) is 0.241. The van der Waals surface area contributed by atoms with Gasteiger partial charge in [0, 0.05) is 12.2 Å². The van der Waals surface area contributed by atoms with Crippen LogP contribution in [0.3, 0.4) is 0 Å². The lowest BCUT2D eigenvalue weighted by Gasteiger charge is -2.24. The second kappa shape index (κ2) is 12.3. The van der Waals surface area contributed by atoms with Crippen molar-refractivity contribution in [1.29, 1.82) is 0 Å². The minimum Gasteiger partial charge on any atom is -0.462 e. The molecule has 2 amide bonds. The summed E-state index contributed by atoms with van der Waals surface area (Å²) in [6, 6.07) is 25.1. The first-order valence-corrected chi connectivity index (χ1v) is 12.7. The number of hydrogen-bond donors (Lipinski definition) is 1. The molecule has 0 aromatic heterocycles. The molecule has 1 unspecified atom stereocenters. The van der Waals surface area contributed by atoms with Gasteiger partial charge in [0.1, 0.15) is 6.04 Å². The summed E-state index contributed by atoms with van der Waals surface area (Å²) in [4.78, 5) is 41.8. The second-order valence-corrected chi connectivity index (χ2v) is 9.01. The van der Waals surface area contributed by atoms with Gasteiger partial charge < -0.3 is 15.0 Å². The molecule has 1 atom stereocenters. The van der Waals surface area contributed by atoms with Crippen LogP contribution in [-0.2, 0) is 20.7 Å². The van der Waals surface area contributed by atoms with Crippen molar-refractivity contribution in [3.63, 3.8) is 0 Å². The molecule has 1 N–H and O–H groups in total. The largest absolute Gasteiger partial charge is 0.462 e. The predicted octanol–water partition coefficient (Wildman–Crippen LogP) is 4.83. The van der Waals surface area contributed by atoms with Crippen LogP contribution in [0.4, 0.5) is 11.4 Å². The molecule has 0 radical (unpaired) electrons. The van der Waals surface area contributed by atoms with E-state index in [0.29, 0.717) is 28.6 Å². The van der Waals surface area contributed by atoms with E-state index in [0.717, 1.165) is 12.8 Å². The number of thiocarbonyl (C=S) groups is 1. The molecule has 1 heterocycles. The Hall–Kier alpha value is -4.04. The zero-order valence-corrected chi connectivity index (χ0v) is 21.4. The molecule has 7 nitrogen and oxygen atoms in total. The zero-order valence-electron chi connectivity index (χ0n) is 20.6. The third-order valence-corrected chi connectivity index (χ3v) is 6.52. The minimum absolute atomic E-state index is 0.0311. The molecule has 1 aliphatic heterocycles. The molecule has 0 saturated carbocycles. The van der Waals surface area contributed by atoms with Gasteiger partial charge in [-0.2, -0.15) is 0 Å². The van der Waals surface area contributed by atoms with E-state index in [2.05, 4.69) is 17.4 Å². The van der Waals surface area contributed by atoms with Crippen molar-refractivity contribution < 1.29 is 19.1 Å². The quantitative estimate of drug-likeness (QED) is 0.308. The Balaban J connectivity index is 1.52. The van der Waals surface area contributed by atoms with Crippen LogP contribution in [0.1, 0.15) is 35.7 Å². The van der Waals surface area contributed by atoms with Gasteiger partial charge in [-0.15, -0.1) is 0 Å². The molecule has 0 bridgehead atoms. The van der Waals surface area contributed by atoms with Gasteiger partial charge in [0.15, 0.2) is 5.11 Å². The molecular weight excluding hydrogens is 486 g/mol. The van der Waals surface area contributed by atoms with Crippen LogP contribution < -0.4 is 10.2 Å². The van der Waals surface area contributed by atoms with E-state index >= 15 is 0 Å². The van der Waals surface area contributed by atoms with E-state index in [9.17, 15) is 14.4 Å². The Morgan fingerprint density at radius 3 is 2.24 bits per heavy atom. The van der Waals surface area contributed by atoms with E-state index in [-0.39, 0.29) is 24.8 Å². The highest BCUT2D eigenvalue weighted by molar-refractivity contribution is 7.80. The van der Waals surface area contributed by atoms with E-state index in [1.165, 1.54) is 10.5 Å². The second-order valence-electron chi connectivity index (χ2n) is 8.64. The first kappa shape index (κ1) is 26.0. The summed E-state index contributed by atoms with van der Waals surface area (Å²) < 4.78 is 5.05. The molecule has 8 heteroatoms. The van der Waals surface area contributed by atoms with Crippen molar-refractivity contribution in [2.24, 2.45) is 0 Å². The number of nitrogens with zero attached hydrogens (tertiary/aromatic N) is 2. The average molecular weight is 516 g/mol. The number of esters is 1. The first-order valence-electron chi connectivity index (χ1n) is 12.3. The minimum atomic E-state index is -0.725. The molecule has 0 aliphatic carbocycles. The van der Waals surface area contributed by atoms with Crippen molar-refractivity contribution >= 4 is 46.5 Å². The van der Waals surface area contributed by atoms with Crippen molar-refractivity contribution in [1.82, 2.24) is 4.90 Å². The summed E-state index contributed by atoms with van der Waals surface area (Å²) in [7, 11) is 0. The maximum Gasteiger partial charge on any atom is 0.338 e. The Kier molecular flexibility index (Phi) is 8.64. The molecule has 3 aromatic carbocycles. The number of aryl methyl sites for hydroxylation is 1. The van der Waals surface area contributed by atoms with Crippen molar-refractivity contribution in [2.75, 3.05) is 23.4 Å². The van der Waals surface area contributed by atoms with Crippen molar-refractivity contribution in [3.8, 4) is 0 Å². The monoisotopic (exact) mass is 515 g/mol. The number of carbonyl (C=O) groups excluding carboxylic acids is 3. The Morgan fingerprint density at radius 2 is 1.59 bits per heavy atom. The summed E-state index contributed by atoms with van der Waals surface area (Å²) in [6.45, 7) is 2.55. The number of nitrogens with one attached hydrogen (secondary N) is 1. The zero-order chi connectivity index (χ0) is 26.2. The van der Waals surface area contributed by atoms with Crippen LogP contribution in [0.2, 0.25) is 0 Å². The maximum atomic E-state index is 13.6. The fourth-order valence-electron chi connectivity index (χ4n) is 4.29. The highest BCUT2D eigenvalue weighted by Crippen LogP contribution is 2.28. The normalized spacial score (nSPS) is 15.1. The highest BCUT2D eigenvalue weighted by Gasteiger charge is 2.43. The Morgan fingerprint density at radius 1 is 0.946 bits per heavy atom. The lowest BCUT2D eigenvalue weighted by atomic mass is 10.1. The summed E-state index contributed by atoms with van der Waals surface area (Å²) in [5, 5.41) is 3.21. The smallest absolute Gasteiger partial charge is 0.338 e. The van der Waals surface area contributed by atoms with Crippen LogP contribution in [0.25, 0.3) is 0 Å². The molecule has 190 valence electrons. The fourth-order valence-corrected chi connectivity index (χ4v) is 4.71. The summed E-state index contributed by atoms with van der Waals surface area (Å²) >= 11 is 5.74. The topological polar surface area (TPSA) is 78.9 Å². The number of rotatable bonds is 10. The highest BCUT2D eigenvalue weighted by atomic mass is 32.1. The van der Waals surface area contributed by atoms with Crippen molar-refractivity contribution in [2.45, 2.75) is 32.2 Å². The van der Waals surface area contributed by atoms with Gasteiger partial charge in [0.2, 0.25) is 5.91 Å². The molecule has 1 saturated heterocycles. The molecule has 3 aromatic rings. The standard InChI is InChI=1S/C29H29N3O4S/c1-2-36-28(35)22-15-17-24(18-16-22)32-27(34)25(20-26(33)30-23-13-7-4-8-14-23)31(29(32)37)19-9-12-21-10-5-3-6-11-21/h3-8,10-11,13-18,25H,2,9,12,19-20H2,1H3,(H,30,33).